The molecule has 2 aromatic rings. The Hall–Kier alpha value is -2.18. The van der Waals surface area contributed by atoms with Crippen molar-refractivity contribution in [3.05, 3.63) is 41.2 Å². The van der Waals surface area contributed by atoms with Crippen LogP contribution in [-0.4, -0.2) is 39.7 Å². The molecule has 6 nitrogen and oxygen atoms in total. The van der Waals surface area contributed by atoms with Gasteiger partial charge in [0.2, 0.25) is 5.88 Å². The van der Waals surface area contributed by atoms with Crippen molar-refractivity contribution in [2.24, 2.45) is 5.92 Å². The van der Waals surface area contributed by atoms with E-state index < -0.39 is 5.60 Å². The van der Waals surface area contributed by atoms with Crippen LogP contribution in [0.1, 0.15) is 50.0 Å². The summed E-state index contributed by atoms with van der Waals surface area (Å²) in [4.78, 5) is 21.4. The van der Waals surface area contributed by atoms with Gasteiger partial charge in [0.15, 0.2) is 0 Å². The molecule has 1 fully saturated rings. The highest BCUT2D eigenvalue weighted by molar-refractivity contribution is 6.30. The molecule has 2 N–H and O–H groups in total. The minimum absolute atomic E-state index is 0.180. The molecule has 0 bridgehead atoms. The van der Waals surface area contributed by atoms with E-state index in [0.29, 0.717) is 23.2 Å². The molecule has 1 amide bonds. The number of benzene rings is 1. The van der Waals surface area contributed by atoms with Gasteiger partial charge in [-0.1, -0.05) is 37.1 Å². The largest absolute Gasteiger partial charge is 0.476 e. The number of carbonyl (C=O) groups is 1. The number of unbranched alkanes of at least 4 members (excludes halogenated alkanes) is 1. The van der Waals surface area contributed by atoms with E-state index in [-0.39, 0.29) is 24.1 Å². The number of rotatable bonds is 9. The molecule has 1 aliphatic rings. The third-order valence-corrected chi connectivity index (χ3v) is 5.14. The summed E-state index contributed by atoms with van der Waals surface area (Å²) in [6.45, 7) is 4.55. The lowest BCUT2D eigenvalue weighted by molar-refractivity contribution is 0.0353. The highest BCUT2D eigenvalue weighted by Crippen LogP contribution is 2.39. The molecule has 0 aliphatic heterocycles. The predicted molar refractivity (Wildman–Crippen MR) is 109 cm³/mol. The quantitative estimate of drug-likeness (QED) is 0.621. The van der Waals surface area contributed by atoms with E-state index in [1.54, 1.807) is 19.1 Å². The zero-order valence-electron chi connectivity index (χ0n) is 16.2. The van der Waals surface area contributed by atoms with Crippen LogP contribution in [0.25, 0.3) is 11.3 Å². The Morgan fingerprint density at radius 1 is 1.36 bits per heavy atom. The Balaban J connectivity index is 1.80. The fourth-order valence-electron chi connectivity index (χ4n) is 2.90. The van der Waals surface area contributed by atoms with Crippen LogP contribution < -0.4 is 10.1 Å². The highest BCUT2D eigenvalue weighted by Gasteiger charge is 2.40. The average Bonchev–Trinajstić information content (AvgIpc) is 3.53. The molecule has 28 heavy (non-hydrogen) atoms. The Morgan fingerprint density at radius 3 is 2.71 bits per heavy atom. The van der Waals surface area contributed by atoms with Crippen molar-refractivity contribution in [2.75, 3.05) is 13.2 Å². The van der Waals surface area contributed by atoms with Crippen LogP contribution in [0.3, 0.4) is 0 Å². The smallest absolute Gasteiger partial charge is 0.271 e. The van der Waals surface area contributed by atoms with Gasteiger partial charge >= 0.3 is 0 Å². The number of amides is 1. The van der Waals surface area contributed by atoms with Crippen LogP contribution in [0.2, 0.25) is 5.02 Å². The van der Waals surface area contributed by atoms with Gasteiger partial charge in [-0.15, -0.1) is 0 Å². The van der Waals surface area contributed by atoms with E-state index in [1.165, 1.54) is 6.20 Å². The Morgan fingerprint density at radius 2 is 2.07 bits per heavy atom. The topological polar surface area (TPSA) is 84.3 Å². The second-order valence-corrected chi connectivity index (χ2v) is 7.87. The van der Waals surface area contributed by atoms with Crippen molar-refractivity contribution in [3.8, 4) is 17.1 Å². The molecule has 0 unspecified atom stereocenters. The molecule has 0 radical (unpaired) electrons. The van der Waals surface area contributed by atoms with Crippen molar-refractivity contribution in [1.82, 2.24) is 15.3 Å². The van der Waals surface area contributed by atoms with Crippen LogP contribution in [0.4, 0.5) is 0 Å². The summed E-state index contributed by atoms with van der Waals surface area (Å²) in [7, 11) is 0. The highest BCUT2D eigenvalue weighted by atomic mass is 35.5. The van der Waals surface area contributed by atoms with Gasteiger partial charge in [-0.3, -0.25) is 4.79 Å². The van der Waals surface area contributed by atoms with Crippen molar-refractivity contribution < 1.29 is 14.6 Å². The molecule has 1 atom stereocenters. The Kier molecular flexibility index (Phi) is 6.52. The van der Waals surface area contributed by atoms with Gasteiger partial charge in [0.25, 0.3) is 5.91 Å². The second kappa shape index (κ2) is 8.88. The SMILES string of the molecule is CCCCOc1ncc(C(=O)NC[C@](C)(O)C2CC2)nc1-c1ccc(Cl)cc1. The van der Waals surface area contributed by atoms with Gasteiger partial charge in [0.05, 0.1) is 18.4 Å². The Labute approximate surface area is 170 Å². The van der Waals surface area contributed by atoms with Crippen LogP contribution in [-0.2, 0) is 0 Å². The molecule has 7 heteroatoms. The van der Waals surface area contributed by atoms with E-state index >= 15 is 0 Å². The summed E-state index contributed by atoms with van der Waals surface area (Å²) < 4.78 is 5.77. The minimum Gasteiger partial charge on any atom is -0.476 e. The number of carbonyl (C=O) groups excluding carboxylic acids is 1. The van der Waals surface area contributed by atoms with Gasteiger partial charge in [-0.2, -0.15) is 0 Å². The number of halogens is 1. The summed E-state index contributed by atoms with van der Waals surface area (Å²) >= 11 is 5.98. The molecule has 0 saturated heterocycles. The van der Waals surface area contributed by atoms with Gasteiger partial charge in [-0.25, -0.2) is 9.97 Å². The zero-order chi connectivity index (χ0) is 20.1. The van der Waals surface area contributed by atoms with Crippen LogP contribution in [0.5, 0.6) is 5.88 Å². The molecule has 1 heterocycles. The minimum atomic E-state index is -0.898. The first-order valence-corrected chi connectivity index (χ1v) is 10.0. The van der Waals surface area contributed by atoms with Gasteiger partial charge in [0.1, 0.15) is 11.4 Å². The summed E-state index contributed by atoms with van der Waals surface area (Å²) in [6.07, 6.45) is 5.30. The molecular formula is C21H26ClN3O3. The monoisotopic (exact) mass is 403 g/mol. The number of aliphatic hydroxyl groups is 1. The number of nitrogens with zero attached hydrogens (tertiary/aromatic N) is 2. The third-order valence-electron chi connectivity index (χ3n) is 4.89. The average molecular weight is 404 g/mol. The zero-order valence-corrected chi connectivity index (χ0v) is 17.0. The lowest BCUT2D eigenvalue weighted by Gasteiger charge is -2.23. The molecule has 0 spiro atoms. The maximum Gasteiger partial charge on any atom is 0.271 e. The number of nitrogens with one attached hydrogen (secondary N) is 1. The molecule has 1 aromatic heterocycles. The number of hydrogen-bond donors (Lipinski definition) is 2. The number of hydrogen-bond acceptors (Lipinski definition) is 5. The normalized spacial score (nSPS) is 15.7. The van der Waals surface area contributed by atoms with Gasteiger partial charge in [0, 0.05) is 17.1 Å². The first kappa shape index (κ1) is 20.6. The Bertz CT molecular complexity index is 820. The molecule has 1 saturated carbocycles. The molecular weight excluding hydrogens is 378 g/mol. The predicted octanol–water partition coefficient (Wildman–Crippen LogP) is 3.87. The fourth-order valence-corrected chi connectivity index (χ4v) is 3.03. The number of aromatic nitrogens is 2. The van der Waals surface area contributed by atoms with E-state index in [4.69, 9.17) is 16.3 Å². The van der Waals surface area contributed by atoms with Crippen LogP contribution in [0.15, 0.2) is 30.5 Å². The van der Waals surface area contributed by atoms with Crippen molar-refractivity contribution in [3.63, 3.8) is 0 Å². The standard InChI is InChI=1S/C21H26ClN3O3/c1-3-4-11-28-20-18(14-5-9-16(22)10-6-14)25-17(12-23-20)19(26)24-13-21(2,27)15-7-8-15/h5-6,9-10,12,15,27H,3-4,7-8,11,13H2,1-2H3,(H,24,26)/t21-/m0/s1. The van der Waals surface area contributed by atoms with Gasteiger partial charge < -0.3 is 15.2 Å². The molecule has 3 rings (SSSR count). The van der Waals surface area contributed by atoms with E-state index in [0.717, 1.165) is 31.2 Å². The molecule has 1 aromatic carbocycles. The summed E-state index contributed by atoms with van der Waals surface area (Å²) in [5.74, 6) is 0.263. The summed E-state index contributed by atoms with van der Waals surface area (Å²) in [6, 6.07) is 7.15. The first-order valence-electron chi connectivity index (χ1n) is 9.67. The van der Waals surface area contributed by atoms with E-state index in [1.807, 2.05) is 12.1 Å². The van der Waals surface area contributed by atoms with Crippen LogP contribution in [0, 0.1) is 5.92 Å². The van der Waals surface area contributed by atoms with Crippen molar-refractivity contribution >= 4 is 17.5 Å². The summed E-state index contributed by atoms with van der Waals surface area (Å²) in [5, 5.41) is 13.8. The van der Waals surface area contributed by atoms with E-state index in [9.17, 15) is 9.90 Å². The van der Waals surface area contributed by atoms with Gasteiger partial charge in [-0.05, 0) is 44.2 Å². The van der Waals surface area contributed by atoms with Crippen molar-refractivity contribution in [2.45, 2.75) is 45.1 Å². The lowest BCUT2D eigenvalue weighted by Crippen LogP contribution is -2.42. The third kappa shape index (κ3) is 5.20. The second-order valence-electron chi connectivity index (χ2n) is 7.43. The van der Waals surface area contributed by atoms with E-state index in [2.05, 4.69) is 22.2 Å². The summed E-state index contributed by atoms with van der Waals surface area (Å²) in [5.41, 5.74) is 0.544. The van der Waals surface area contributed by atoms with Crippen LogP contribution >= 0.6 is 11.6 Å². The lowest BCUT2D eigenvalue weighted by atomic mass is 10.0. The maximum atomic E-state index is 12.6. The van der Waals surface area contributed by atoms with Crippen molar-refractivity contribution in [1.29, 1.82) is 0 Å². The first-order chi connectivity index (χ1) is 13.4. The fraction of sp³-hybridized carbons (Fsp3) is 0.476. The number of ether oxygens (including phenoxy) is 1. The maximum absolute atomic E-state index is 12.6. The molecule has 1 aliphatic carbocycles. The molecule has 150 valence electrons.